The van der Waals surface area contributed by atoms with E-state index in [1.54, 1.807) is 24.3 Å². The number of phenols is 1. The first-order valence-corrected chi connectivity index (χ1v) is 10.1. The fraction of sp³-hybridized carbons (Fsp3) is 0.364. The van der Waals surface area contributed by atoms with E-state index in [0.29, 0.717) is 49.1 Å². The molecule has 1 aliphatic heterocycles. The molecule has 6 nitrogen and oxygen atoms in total. The maximum atomic E-state index is 12.6. The van der Waals surface area contributed by atoms with Gasteiger partial charge in [0, 0.05) is 16.5 Å². The fourth-order valence-corrected chi connectivity index (χ4v) is 3.57. The minimum Gasteiger partial charge on any atom is -0.508 e. The number of hydrogen-bond acceptors (Lipinski definition) is 5. The Morgan fingerprint density at radius 1 is 1.14 bits per heavy atom. The van der Waals surface area contributed by atoms with Crippen molar-refractivity contribution in [3.63, 3.8) is 0 Å². The summed E-state index contributed by atoms with van der Waals surface area (Å²) in [6.07, 6.45) is 1.45. The highest BCUT2D eigenvalue weighted by molar-refractivity contribution is 6.30. The predicted octanol–water partition coefficient (Wildman–Crippen LogP) is 3.14. The van der Waals surface area contributed by atoms with Gasteiger partial charge in [-0.05, 0) is 68.4 Å². The number of benzene rings is 2. The van der Waals surface area contributed by atoms with E-state index in [2.05, 4.69) is 10.2 Å². The molecule has 154 valence electrons. The van der Waals surface area contributed by atoms with Crippen LogP contribution in [0.5, 0.6) is 11.5 Å². The third kappa shape index (κ3) is 6.48. The molecule has 0 spiro atoms. The normalized spacial score (nSPS) is 15.1. The zero-order valence-electron chi connectivity index (χ0n) is 16.1. The van der Waals surface area contributed by atoms with Gasteiger partial charge in [0.15, 0.2) is 5.78 Å². The van der Waals surface area contributed by atoms with E-state index in [9.17, 15) is 14.7 Å². The van der Waals surface area contributed by atoms with E-state index < -0.39 is 0 Å². The molecule has 0 bridgehead atoms. The Morgan fingerprint density at radius 2 is 1.86 bits per heavy atom. The quantitative estimate of drug-likeness (QED) is 0.510. The van der Waals surface area contributed by atoms with Gasteiger partial charge in [-0.3, -0.25) is 14.5 Å². The van der Waals surface area contributed by atoms with Gasteiger partial charge in [0.05, 0.1) is 13.1 Å². The number of nitrogens with one attached hydrogen (secondary N) is 1. The van der Waals surface area contributed by atoms with Gasteiger partial charge < -0.3 is 15.2 Å². The Kier molecular flexibility index (Phi) is 7.49. The van der Waals surface area contributed by atoms with Crippen molar-refractivity contribution in [1.82, 2.24) is 10.2 Å². The molecule has 1 amide bonds. The van der Waals surface area contributed by atoms with Crippen LogP contribution in [0.2, 0.25) is 5.02 Å². The highest BCUT2D eigenvalue weighted by atomic mass is 35.5. The highest BCUT2D eigenvalue weighted by Gasteiger charge is 2.26. The molecule has 0 radical (unpaired) electrons. The molecule has 2 aromatic carbocycles. The first-order valence-electron chi connectivity index (χ1n) is 9.72. The topological polar surface area (TPSA) is 78.9 Å². The fourth-order valence-electron chi connectivity index (χ4n) is 3.39. The molecule has 1 saturated heterocycles. The lowest BCUT2D eigenvalue weighted by Gasteiger charge is -2.30. The lowest BCUT2D eigenvalue weighted by molar-refractivity contribution is -0.122. The van der Waals surface area contributed by atoms with E-state index in [1.807, 2.05) is 12.1 Å². The number of aromatic hydroxyl groups is 1. The number of carbonyl (C=O) groups is 2. The average molecular weight is 417 g/mol. The first-order chi connectivity index (χ1) is 14.0. The van der Waals surface area contributed by atoms with Crippen LogP contribution in [0.3, 0.4) is 0 Å². The number of rotatable bonds is 8. The summed E-state index contributed by atoms with van der Waals surface area (Å²) < 4.78 is 5.55. The van der Waals surface area contributed by atoms with Crippen LogP contribution in [0.25, 0.3) is 0 Å². The van der Waals surface area contributed by atoms with E-state index in [4.69, 9.17) is 16.3 Å². The standard InChI is InChI=1S/C22H25ClN2O4/c23-18-2-1-3-20(14-18)29-13-10-24-21(27)15-25-11-8-17(9-12-25)22(28)16-4-6-19(26)7-5-16/h1-7,14,17,26H,8-13,15H2,(H,24,27). The van der Waals surface area contributed by atoms with E-state index in [-0.39, 0.29) is 23.4 Å². The van der Waals surface area contributed by atoms with Gasteiger partial charge >= 0.3 is 0 Å². The number of piperidine rings is 1. The second kappa shape index (κ2) is 10.3. The Bertz CT molecular complexity index is 833. The van der Waals surface area contributed by atoms with E-state index in [1.165, 1.54) is 12.1 Å². The molecule has 0 saturated carbocycles. The number of amides is 1. The van der Waals surface area contributed by atoms with Crippen molar-refractivity contribution in [2.45, 2.75) is 12.8 Å². The number of carbonyl (C=O) groups excluding carboxylic acids is 2. The Hall–Kier alpha value is -2.57. The van der Waals surface area contributed by atoms with Crippen molar-refractivity contribution >= 4 is 23.3 Å². The number of phenolic OH excluding ortho intramolecular Hbond substituents is 1. The average Bonchev–Trinajstić information content (AvgIpc) is 2.72. The molecule has 29 heavy (non-hydrogen) atoms. The molecule has 0 unspecified atom stereocenters. The molecule has 1 fully saturated rings. The van der Waals surface area contributed by atoms with Gasteiger partial charge in [-0.2, -0.15) is 0 Å². The maximum Gasteiger partial charge on any atom is 0.234 e. The lowest BCUT2D eigenvalue weighted by Crippen LogP contribution is -2.43. The van der Waals surface area contributed by atoms with Crippen molar-refractivity contribution in [3.05, 3.63) is 59.1 Å². The Morgan fingerprint density at radius 3 is 2.55 bits per heavy atom. The summed E-state index contributed by atoms with van der Waals surface area (Å²) in [7, 11) is 0. The largest absolute Gasteiger partial charge is 0.508 e. The molecular formula is C22H25ClN2O4. The van der Waals surface area contributed by atoms with Gasteiger partial charge in [0.2, 0.25) is 5.91 Å². The minimum atomic E-state index is -0.0528. The minimum absolute atomic E-state index is 0.0371. The zero-order valence-corrected chi connectivity index (χ0v) is 16.9. The number of ether oxygens (including phenoxy) is 1. The van der Waals surface area contributed by atoms with E-state index in [0.717, 1.165) is 12.8 Å². The third-order valence-electron chi connectivity index (χ3n) is 4.97. The summed E-state index contributed by atoms with van der Waals surface area (Å²) in [6, 6.07) is 13.5. The van der Waals surface area contributed by atoms with Crippen molar-refractivity contribution in [2.24, 2.45) is 5.92 Å². The number of nitrogens with zero attached hydrogens (tertiary/aromatic N) is 1. The number of ketones is 1. The highest BCUT2D eigenvalue weighted by Crippen LogP contribution is 2.22. The summed E-state index contributed by atoms with van der Waals surface area (Å²) in [5, 5.41) is 12.8. The van der Waals surface area contributed by atoms with Crippen molar-refractivity contribution in [2.75, 3.05) is 32.8 Å². The van der Waals surface area contributed by atoms with Crippen LogP contribution in [-0.2, 0) is 4.79 Å². The molecule has 7 heteroatoms. The maximum absolute atomic E-state index is 12.6. The molecular weight excluding hydrogens is 392 g/mol. The van der Waals surface area contributed by atoms with Gasteiger partial charge in [-0.1, -0.05) is 17.7 Å². The van der Waals surface area contributed by atoms with Crippen LogP contribution in [0, 0.1) is 5.92 Å². The molecule has 2 N–H and O–H groups in total. The van der Waals surface area contributed by atoms with Crippen LogP contribution in [0.1, 0.15) is 23.2 Å². The Labute approximate surface area is 175 Å². The van der Waals surface area contributed by atoms with Gasteiger partial charge in [0.25, 0.3) is 0 Å². The van der Waals surface area contributed by atoms with Crippen LogP contribution in [0.15, 0.2) is 48.5 Å². The van der Waals surface area contributed by atoms with E-state index >= 15 is 0 Å². The van der Waals surface area contributed by atoms with Crippen LogP contribution in [0.4, 0.5) is 0 Å². The predicted molar refractivity (Wildman–Crippen MR) is 112 cm³/mol. The summed E-state index contributed by atoms with van der Waals surface area (Å²) in [6.45, 7) is 2.52. The second-order valence-electron chi connectivity index (χ2n) is 7.12. The molecule has 1 aliphatic rings. The molecule has 0 aromatic heterocycles. The first kappa shape index (κ1) is 21.1. The molecule has 0 atom stereocenters. The number of Topliss-reactive ketones (excluding diaryl/α,β-unsaturated/α-hetero) is 1. The van der Waals surface area contributed by atoms with Crippen molar-refractivity contribution in [1.29, 1.82) is 0 Å². The van der Waals surface area contributed by atoms with Gasteiger partial charge in [-0.15, -0.1) is 0 Å². The van der Waals surface area contributed by atoms with Crippen LogP contribution >= 0.6 is 11.6 Å². The molecule has 0 aliphatic carbocycles. The van der Waals surface area contributed by atoms with Crippen molar-refractivity contribution in [3.8, 4) is 11.5 Å². The van der Waals surface area contributed by atoms with Crippen LogP contribution < -0.4 is 10.1 Å². The number of likely N-dealkylation sites (tertiary alicyclic amines) is 1. The summed E-state index contributed by atoms with van der Waals surface area (Å²) in [4.78, 5) is 26.7. The summed E-state index contributed by atoms with van der Waals surface area (Å²) >= 11 is 5.90. The smallest absolute Gasteiger partial charge is 0.234 e. The molecule has 2 aromatic rings. The summed E-state index contributed by atoms with van der Waals surface area (Å²) in [5.74, 6) is 0.840. The number of halogens is 1. The van der Waals surface area contributed by atoms with Gasteiger partial charge in [-0.25, -0.2) is 0 Å². The Balaban J connectivity index is 1.34. The van der Waals surface area contributed by atoms with Crippen LogP contribution in [-0.4, -0.2) is 54.5 Å². The second-order valence-corrected chi connectivity index (χ2v) is 7.55. The lowest BCUT2D eigenvalue weighted by atomic mass is 9.89. The summed E-state index contributed by atoms with van der Waals surface area (Å²) in [5.41, 5.74) is 0.624. The third-order valence-corrected chi connectivity index (χ3v) is 5.20. The van der Waals surface area contributed by atoms with Crippen molar-refractivity contribution < 1.29 is 19.4 Å². The molecule has 1 heterocycles. The monoisotopic (exact) mass is 416 g/mol. The number of hydrogen-bond donors (Lipinski definition) is 2. The SMILES string of the molecule is O=C(CN1CCC(C(=O)c2ccc(O)cc2)CC1)NCCOc1cccc(Cl)c1. The zero-order chi connectivity index (χ0) is 20.6. The van der Waals surface area contributed by atoms with Gasteiger partial charge in [0.1, 0.15) is 18.1 Å². The molecule has 3 rings (SSSR count).